The van der Waals surface area contributed by atoms with E-state index in [2.05, 4.69) is 57.1 Å². The van der Waals surface area contributed by atoms with E-state index in [1.165, 1.54) is 54.1 Å². The van der Waals surface area contributed by atoms with Gasteiger partial charge in [-0.15, -0.1) is 10.2 Å². The number of H-pyrrole nitrogens is 1. The lowest BCUT2D eigenvalue weighted by Crippen LogP contribution is -2.44. The predicted molar refractivity (Wildman–Crippen MR) is 126 cm³/mol. The molecular formula is C24H35N7. The van der Waals surface area contributed by atoms with Gasteiger partial charge in [0.2, 0.25) is 0 Å². The van der Waals surface area contributed by atoms with Gasteiger partial charge in [-0.1, -0.05) is 44.4 Å². The monoisotopic (exact) mass is 421 g/mol. The Labute approximate surface area is 184 Å². The number of rotatable bonds is 7. The molecule has 0 saturated heterocycles. The van der Waals surface area contributed by atoms with Crippen molar-refractivity contribution in [2.24, 2.45) is 12.0 Å². The molecule has 0 unspecified atom stereocenters. The molecule has 2 aromatic heterocycles. The minimum Gasteiger partial charge on any atom is -0.361 e. The van der Waals surface area contributed by atoms with Crippen LogP contribution in [0.15, 0.2) is 29.4 Å². The molecule has 3 aromatic rings. The molecule has 2 heterocycles. The van der Waals surface area contributed by atoms with Gasteiger partial charge in [-0.2, -0.15) is 0 Å². The molecule has 1 fully saturated rings. The zero-order chi connectivity index (χ0) is 21.6. The van der Waals surface area contributed by atoms with Crippen LogP contribution >= 0.6 is 0 Å². The van der Waals surface area contributed by atoms with Crippen molar-refractivity contribution in [3.8, 4) is 0 Å². The van der Waals surface area contributed by atoms with Crippen LogP contribution in [0.5, 0.6) is 0 Å². The molecule has 1 aliphatic carbocycles. The van der Waals surface area contributed by atoms with Gasteiger partial charge in [0.15, 0.2) is 11.8 Å². The summed E-state index contributed by atoms with van der Waals surface area (Å²) in [6.07, 6.45) is 10.5. The molecule has 1 saturated carbocycles. The Morgan fingerprint density at radius 1 is 1.19 bits per heavy atom. The summed E-state index contributed by atoms with van der Waals surface area (Å²) in [4.78, 5) is 8.31. The van der Waals surface area contributed by atoms with Gasteiger partial charge in [-0.05, 0) is 43.7 Å². The fraction of sp³-hybridized carbons (Fsp3) is 0.542. The highest BCUT2D eigenvalue weighted by atomic mass is 15.3. The van der Waals surface area contributed by atoms with Crippen LogP contribution < -0.4 is 10.6 Å². The third kappa shape index (κ3) is 5.09. The van der Waals surface area contributed by atoms with Gasteiger partial charge in [-0.3, -0.25) is 0 Å². The van der Waals surface area contributed by atoms with Crippen LogP contribution in [0, 0.1) is 6.92 Å². The van der Waals surface area contributed by atoms with Crippen LogP contribution in [0.25, 0.3) is 10.9 Å². The van der Waals surface area contributed by atoms with Gasteiger partial charge in [0.05, 0.1) is 0 Å². The van der Waals surface area contributed by atoms with E-state index in [0.717, 1.165) is 37.0 Å². The van der Waals surface area contributed by atoms with Crippen LogP contribution in [-0.2, 0) is 26.4 Å². The Morgan fingerprint density at radius 2 is 2.03 bits per heavy atom. The Hall–Kier alpha value is -2.83. The molecule has 0 atom stereocenters. The number of aliphatic imine (C=N–C) groups is 1. The third-order valence-electron chi connectivity index (χ3n) is 6.46. The Kier molecular flexibility index (Phi) is 6.89. The predicted octanol–water partition coefficient (Wildman–Crippen LogP) is 3.78. The van der Waals surface area contributed by atoms with E-state index < -0.39 is 0 Å². The van der Waals surface area contributed by atoms with Crippen molar-refractivity contribution in [1.82, 2.24) is 30.4 Å². The number of aromatic nitrogens is 4. The smallest absolute Gasteiger partial charge is 0.191 e. The molecular weight excluding hydrogens is 386 g/mol. The minimum absolute atomic E-state index is 0.501. The van der Waals surface area contributed by atoms with Gasteiger partial charge in [0, 0.05) is 36.7 Å². The highest BCUT2D eigenvalue weighted by Gasteiger charge is 2.15. The zero-order valence-electron chi connectivity index (χ0n) is 19.0. The van der Waals surface area contributed by atoms with E-state index in [-0.39, 0.29) is 0 Å². The highest BCUT2D eigenvalue weighted by molar-refractivity contribution is 5.86. The zero-order valence-corrected chi connectivity index (χ0v) is 19.0. The quantitative estimate of drug-likeness (QED) is 0.400. The minimum atomic E-state index is 0.501. The number of benzene rings is 1. The van der Waals surface area contributed by atoms with Crippen molar-refractivity contribution in [3.63, 3.8) is 0 Å². The first-order valence-electron chi connectivity index (χ1n) is 11.6. The second-order valence-corrected chi connectivity index (χ2v) is 8.55. The lowest BCUT2D eigenvalue weighted by molar-refractivity contribution is 0.410. The topological polar surface area (TPSA) is 82.9 Å². The lowest BCUT2D eigenvalue weighted by Gasteiger charge is -2.25. The number of guanidine groups is 1. The van der Waals surface area contributed by atoms with Gasteiger partial charge in [0.1, 0.15) is 12.4 Å². The van der Waals surface area contributed by atoms with E-state index >= 15 is 0 Å². The molecule has 31 heavy (non-hydrogen) atoms. The summed E-state index contributed by atoms with van der Waals surface area (Å²) in [5, 5.41) is 17.0. The first-order valence-corrected chi connectivity index (χ1v) is 11.6. The Morgan fingerprint density at radius 3 is 2.77 bits per heavy atom. The van der Waals surface area contributed by atoms with E-state index in [4.69, 9.17) is 4.99 Å². The standard InChI is InChI=1S/C24H35N7/c1-4-18-9-8-12-21-19(15-26-23(18)21)13-14-25-24(28-20-10-6-5-7-11-20)27-16-22-30-29-17(2)31(22)3/h8-9,12,15,20,26H,4-7,10-11,13-14,16H2,1-3H3,(H2,25,27,28). The average Bonchev–Trinajstić information content (AvgIpc) is 3.36. The van der Waals surface area contributed by atoms with E-state index in [0.29, 0.717) is 12.6 Å². The first-order chi connectivity index (χ1) is 15.2. The highest BCUT2D eigenvalue weighted by Crippen LogP contribution is 2.22. The molecule has 0 bridgehead atoms. The SMILES string of the molecule is CCc1cccc2c(CCNC(=NCc3nnc(C)n3C)NC3CCCCC3)c[nH]c12. The largest absolute Gasteiger partial charge is 0.361 e. The molecule has 1 aliphatic rings. The summed E-state index contributed by atoms with van der Waals surface area (Å²) in [6, 6.07) is 7.08. The fourth-order valence-corrected chi connectivity index (χ4v) is 4.42. The summed E-state index contributed by atoms with van der Waals surface area (Å²) < 4.78 is 2.00. The molecule has 7 heteroatoms. The molecule has 0 radical (unpaired) electrons. The maximum atomic E-state index is 4.83. The third-order valence-corrected chi connectivity index (χ3v) is 6.46. The van der Waals surface area contributed by atoms with Crippen molar-refractivity contribution in [2.45, 2.75) is 71.4 Å². The van der Waals surface area contributed by atoms with E-state index in [9.17, 15) is 0 Å². The Balaban J connectivity index is 1.43. The van der Waals surface area contributed by atoms with Crippen molar-refractivity contribution >= 4 is 16.9 Å². The van der Waals surface area contributed by atoms with Gasteiger partial charge >= 0.3 is 0 Å². The van der Waals surface area contributed by atoms with Crippen LogP contribution in [0.1, 0.15) is 61.8 Å². The van der Waals surface area contributed by atoms with Gasteiger partial charge in [0.25, 0.3) is 0 Å². The number of para-hydroxylation sites is 1. The van der Waals surface area contributed by atoms with Gasteiger partial charge < -0.3 is 20.2 Å². The van der Waals surface area contributed by atoms with Crippen molar-refractivity contribution < 1.29 is 0 Å². The maximum absolute atomic E-state index is 4.83. The number of nitrogens with zero attached hydrogens (tertiary/aromatic N) is 4. The van der Waals surface area contributed by atoms with Crippen LogP contribution in [-0.4, -0.2) is 38.3 Å². The summed E-state index contributed by atoms with van der Waals surface area (Å²) in [5.41, 5.74) is 3.99. The maximum Gasteiger partial charge on any atom is 0.191 e. The summed E-state index contributed by atoms with van der Waals surface area (Å²) in [6.45, 7) is 5.52. The molecule has 0 aliphatic heterocycles. The molecule has 4 rings (SSSR count). The van der Waals surface area contributed by atoms with E-state index in [1.807, 2.05) is 18.5 Å². The molecule has 0 spiro atoms. The summed E-state index contributed by atoms with van der Waals surface area (Å²) in [5.74, 6) is 2.67. The lowest BCUT2D eigenvalue weighted by atomic mass is 9.96. The summed E-state index contributed by atoms with van der Waals surface area (Å²) in [7, 11) is 1.99. The number of hydrogen-bond donors (Lipinski definition) is 3. The Bertz CT molecular complexity index is 1020. The summed E-state index contributed by atoms with van der Waals surface area (Å²) >= 11 is 0. The molecule has 7 nitrogen and oxygen atoms in total. The van der Waals surface area contributed by atoms with Crippen molar-refractivity contribution in [1.29, 1.82) is 0 Å². The number of aromatic amines is 1. The number of aryl methyl sites for hydroxylation is 2. The number of hydrogen-bond acceptors (Lipinski definition) is 3. The van der Waals surface area contributed by atoms with E-state index in [1.54, 1.807) is 0 Å². The van der Waals surface area contributed by atoms with Gasteiger partial charge in [-0.25, -0.2) is 4.99 Å². The van der Waals surface area contributed by atoms with Crippen molar-refractivity contribution in [2.75, 3.05) is 6.54 Å². The number of nitrogens with one attached hydrogen (secondary N) is 3. The molecule has 3 N–H and O–H groups in total. The molecule has 0 amide bonds. The average molecular weight is 422 g/mol. The van der Waals surface area contributed by atoms with Crippen LogP contribution in [0.2, 0.25) is 0 Å². The molecule has 166 valence electrons. The normalized spacial score (nSPS) is 15.5. The fourth-order valence-electron chi connectivity index (χ4n) is 4.42. The molecule has 1 aromatic carbocycles. The number of fused-ring (bicyclic) bond motifs is 1. The van der Waals surface area contributed by atoms with Crippen molar-refractivity contribution in [3.05, 3.63) is 47.2 Å². The second-order valence-electron chi connectivity index (χ2n) is 8.55. The van der Waals surface area contributed by atoms with Crippen LogP contribution in [0.4, 0.5) is 0 Å². The second kappa shape index (κ2) is 9.98. The first kappa shape index (κ1) is 21.4. The van der Waals surface area contributed by atoms with Crippen LogP contribution in [0.3, 0.4) is 0 Å².